The van der Waals surface area contributed by atoms with Crippen LogP contribution in [0.25, 0.3) is 0 Å². The van der Waals surface area contributed by atoms with E-state index in [0.717, 1.165) is 5.69 Å². The average molecular weight is 195 g/mol. The molecule has 0 saturated carbocycles. The van der Waals surface area contributed by atoms with E-state index in [0.29, 0.717) is 13.0 Å². The average Bonchev–Trinajstić information content (AvgIpc) is 2.08. The number of nitrogens with zero attached hydrogens (tertiary/aromatic N) is 2. The van der Waals surface area contributed by atoms with Crippen molar-refractivity contribution in [2.24, 2.45) is 0 Å². The van der Waals surface area contributed by atoms with Gasteiger partial charge in [0.2, 0.25) is 6.54 Å². The summed E-state index contributed by atoms with van der Waals surface area (Å²) in [5.41, 5.74) is 2.36. The molecular formula is C10H15N2O2+. The largest absolute Gasteiger partial charge is 0.265 e. The van der Waals surface area contributed by atoms with Crippen molar-refractivity contribution in [3.63, 3.8) is 0 Å². The smallest absolute Gasteiger partial charge is 0.209 e. The maximum Gasteiger partial charge on any atom is 0.209 e. The van der Waals surface area contributed by atoms with Crippen molar-refractivity contribution >= 4 is 0 Å². The molecule has 1 rings (SSSR count). The number of nitro groups is 1. The highest BCUT2D eigenvalue weighted by Gasteiger charge is 2.07. The van der Waals surface area contributed by atoms with E-state index in [1.807, 2.05) is 30.7 Å². The Bertz CT molecular complexity index is 337. The molecule has 4 nitrogen and oxygen atoms in total. The SMILES string of the molecule is Cc1cc[n+](CCC[N+](=O)[O-])c(C)c1. The van der Waals surface area contributed by atoms with Crippen molar-refractivity contribution in [2.75, 3.05) is 6.54 Å². The zero-order valence-corrected chi connectivity index (χ0v) is 8.56. The second kappa shape index (κ2) is 4.69. The Hall–Kier alpha value is -1.45. The number of aryl methyl sites for hydroxylation is 3. The highest BCUT2D eigenvalue weighted by molar-refractivity contribution is 5.08. The van der Waals surface area contributed by atoms with Crippen LogP contribution in [0, 0.1) is 24.0 Å². The fourth-order valence-corrected chi connectivity index (χ4v) is 1.41. The van der Waals surface area contributed by atoms with Crippen LogP contribution in [-0.2, 0) is 6.54 Å². The first-order valence-electron chi connectivity index (χ1n) is 4.68. The molecule has 0 spiro atoms. The predicted molar refractivity (Wildman–Crippen MR) is 52.6 cm³/mol. The second-order valence-electron chi connectivity index (χ2n) is 3.45. The van der Waals surface area contributed by atoms with Crippen LogP contribution in [0.2, 0.25) is 0 Å². The maximum absolute atomic E-state index is 10.1. The Morgan fingerprint density at radius 3 is 2.79 bits per heavy atom. The number of hydrogen-bond donors (Lipinski definition) is 0. The molecule has 1 heterocycles. The molecule has 0 aliphatic rings. The van der Waals surface area contributed by atoms with Crippen LogP contribution < -0.4 is 4.57 Å². The van der Waals surface area contributed by atoms with Gasteiger partial charge in [-0.3, -0.25) is 10.1 Å². The maximum atomic E-state index is 10.1. The van der Waals surface area contributed by atoms with Gasteiger partial charge in [-0.1, -0.05) is 0 Å². The van der Waals surface area contributed by atoms with Gasteiger partial charge in [0.05, 0.1) is 6.42 Å². The summed E-state index contributed by atoms with van der Waals surface area (Å²) in [5.74, 6) is 0. The van der Waals surface area contributed by atoms with Gasteiger partial charge in [-0.25, -0.2) is 4.57 Å². The van der Waals surface area contributed by atoms with E-state index < -0.39 is 0 Å². The summed E-state index contributed by atoms with van der Waals surface area (Å²) in [4.78, 5) is 9.85. The van der Waals surface area contributed by atoms with Crippen LogP contribution in [0.1, 0.15) is 17.7 Å². The van der Waals surface area contributed by atoms with Gasteiger partial charge in [0.15, 0.2) is 18.4 Å². The third kappa shape index (κ3) is 3.12. The van der Waals surface area contributed by atoms with Crippen molar-refractivity contribution in [1.29, 1.82) is 0 Å². The van der Waals surface area contributed by atoms with Crippen molar-refractivity contribution < 1.29 is 9.49 Å². The van der Waals surface area contributed by atoms with Gasteiger partial charge < -0.3 is 0 Å². The van der Waals surface area contributed by atoms with Gasteiger partial charge in [0.1, 0.15) is 0 Å². The zero-order chi connectivity index (χ0) is 10.6. The van der Waals surface area contributed by atoms with Crippen LogP contribution >= 0.6 is 0 Å². The van der Waals surface area contributed by atoms with Gasteiger partial charge in [-0.05, 0) is 12.5 Å². The third-order valence-electron chi connectivity index (χ3n) is 2.15. The Morgan fingerprint density at radius 1 is 1.50 bits per heavy atom. The molecule has 0 aliphatic carbocycles. The quantitative estimate of drug-likeness (QED) is 0.412. The lowest BCUT2D eigenvalue weighted by atomic mass is 10.2. The minimum Gasteiger partial charge on any atom is -0.265 e. The van der Waals surface area contributed by atoms with Gasteiger partial charge in [0.25, 0.3) is 0 Å². The molecule has 4 heteroatoms. The predicted octanol–water partition coefficient (Wildman–Crippen LogP) is 1.26. The summed E-state index contributed by atoms with van der Waals surface area (Å²) in [6, 6.07) is 4.09. The molecule has 0 bridgehead atoms. The first-order valence-corrected chi connectivity index (χ1v) is 4.68. The molecule has 0 amide bonds. The van der Waals surface area contributed by atoms with E-state index in [2.05, 4.69) is 6.07 Å². The molecule has 0 aromatic carbocycles. The number of rotatable bonds is 4. The summed E-state index contributed by atoms with van der Waals surface area (Å²) in [6.07, 6.45) is 2.56. The Morgan fingerprint density at radius 2 is 2.21 bits per heavy atom. The van der Waals surface area contributed by atoms with Gasteiger partial charge in [0, 0.05) is 24.0 Å². The minimum absolute atomic E-state index is 0.0420. The molecule has 0 fully saturated rings. The number of hydrogen-bond acceptors (Lipinski definition) is 2. The van der Waals surface area contributed by atoms with Gasteiger partial charge >= 0.3 is 0 Å². The van der Waals surface area contributed by atoms with E-state index in [4.69, 9.17) is 0 Å². The topological polar surface area (TPSA) is 47.0 Å². The summed E-state index contributed by atoms with van der Waals surface area (Å²) in [6.45, 7) is 4.81. The Labute approximate surface area is 83.3 Å². The summed E-state index contributed by atoms with van der Waals surface area (Å²) in [7, 11) is 0. The second-order valence-corrected chi connectivity index (χ2v) is 3.45. The van der Waals surface area contributed by atoms with E-state index in [9.17, 15) is 10.1 Å². The molecule has 0 radical (unpaired) electrons. The molecule has 0 N–H and O–H groups in total. The molecular weight excluding hydrogens is 180 g/mol. The van der Waals surface area contributed by atoms with Crippen LogP contribution in [0.5, 0.6) is 0 Å². The van der Waals surface area contributed by atoms with E-state index in [1.54, 1.807) is 0 Å². The van der Waals surface area contributed by atoms with Crippen LogP contribution in [0.4, 0.5) is 0 Å². The highest BCUT2D eigenvalue weighted by Crippen LogP contribution is 1.96. The monoisotopic (exact) mass is 195 g/mol. The van der Waals surface area contributed by atoms with Crippen LogP contribution in [0.15, 0.2) is 18.3 Å². The first-order chi connectivity index (χ1) is 6.59. The molecule has 14 heavy (non-hydrogen) atoms. The minimum atomic E-state index is -0.274. The summed E-state index contributed by atoms with van der Waals surface area (Å²) < 4.78 is 2.04. The fourth-order valence-electron chi connectivity index (χ4n) is 1.41. The molecule has 0 saturated heterocycles. The van der Waals surface area contributed by atoms with Crippen LogP contribution in [-0.4, -0.2) is 11.5 Å². The summed E-state index contributed by atoms with van der Waals surface area (Å²) in [5, 5.41) is 10.1. The Kier molecular flexibility index (Phi) is 3.56. The third-order valence-corrected chi connectivity index (χ3v) is 2.15. The van der Waals surface area contributed by atoms with E-state index in [-0.39, 0.29) is 11.5 Å². The van der Waals surface area contributed by atoms with Crippen molar-refractivity contribution in [2.45, 2.75) is 26.8 Å². The Balaban J connectivity index is 2.55. The number of pyridine rings is 1. The number of aromatic nitrogens is 1. The molecule has 0 atom stereocenters. The fraction of sp³-hybridized carbons (Fsp3) is 0.500. The summed E-state index contributed by atoms with van der Waals surface area (Å²) >= 11 is 0. The molecule has 1 aromatic rings. The zero-order valence-electron chi connectivity index (χ0n) is 8.56. The lowest BCUT2D eigenvalue weighted by molar-refractivity contribution is -0.706. The van der Waals surface area contributed by atoms with Crippen LogP contribution in [0.3, 0.4) is 0 Å². The van der Waals surface area contributed by atoms with E-state index in [1.165, 1.54) is 5.56 Å². The van der Waals surface area contributed by atoms with Crippen molar-refractivity contribution in [1.82, 2.24) is 0 Å². The lowest BCUT2D eigenvalue weighted by Gasteiger charge is -1.99. The molecule has 0 unspecified atom stereocenters. The molecule has 76 valence electrons. The lowest BCUT2D eigenvalue weighted by Crippen LogP contribution is -2.37. The van der Waals surface area contributed by atoms with Gasteiger partial charge in [-0.2, -0.15) is 0 Å². The van der Waals surface area contributed by atoms with Crippen molar-refractivity contribution in [3.8, 4) is 0 Å². The molecule has 0 aliphatic heterocycles. The van der Waals surface area contributed by atoms with Crippen molar-refractivity contribution in [3.05, 3.63) is 39.7 Å². The molecule has 1 aromatic heterocycles. The first kappa shape index (κ1) is 10.6. The van der Waals surface area contributed by atoms with E-state index >= 15 is 0 Å². The van der Waals surface area contributed by atoms with Gasteiger partial charge in [-0.15, -0.1) is 0 Å². The highest BCUT2D eigenvalue weighted by atomic mass is 16.6. The normalized spacial score (nSPS) is 10.1. The standard InChI is InChI=1S/C10H15N2O2/c1-9-4-7-11(10(2)8-9)5-3-6-12(13)14/h4,7-8H,3,5-6H2,1-2H3/q+1.